The molecule has 1 aliphatic carbocycles. The zero-order chi connectivity index (χ0) is 8.86. The Morgan fingerprint density at radius 2 is 1.64 bits per heavy atom. The SMILES string of the molecule is CC1(C)C(OC(=O)O)C1(C)C. The van der Waals surface area contributed by atoms with Crippen molar-refractivity contribution < 1.29 is 14.6 Å². The van der Waals surface area contributed by atoms with Crippen molar-refractivity contribution in [1.29, 1.82) is 0 Å². The summed E-state index contributed by atoms with van der Waals surface area (Å²) in [6.07, 6.45) is -1.32. The van der Waals surface area contributed by atoms with E-state index in [1.54, 1.807) is 0 Å². The first kappa shape index (κ1) is 8.37. The molecule has 64 valence electrons. The first-order chi connectivity index (χ1) is 4.80. The first-order valence-electron chi connectivity index (χ1n) is 3.69. The van der Waals surface area contributed by atoms with Crippen molar-refractivity contribution in [3.8, 4) is 0 Å². The number of hydrogen-bond acceptors (Lipinski definition) is 2. The molecule has 11 heavy (non-hydrogen) atoms. The third kappa shape index (κ3) is 0.988. The van der Waals surface area contributed by atoms with Gasteiger partial charge in [0.1, 0.15) is 6.10 Å². The highest BCUT2D eigenvalue weighted by atomic mass is 16.7. The fourth-order valence-corrected chi connectivity index (χ4v) is 1.53. The Hall–Kier alpha value is -0.730. The second kappa shape index (κ2) is 1.90. The summed E-state index contributed by atoms with van der Waals surface area (Å²) in [4.78, 5) is 10.2. The standard InChI is InChI=1S/C8H14O3/c1-7(2)5(8(7,3)4)11-6(9)10/h5H,1-4H3,(H,9,10). The van der Waals surface area contributed by atoms with Crippen LogP contribution in [0.1, 0.15) is 27.7 Å². The maximum atomic E-state index is 10.2. The Morgan fingerprint density at radius 1 is 1.27 bits per heavy atom. The molecule has 0 heterocycles. The molecule has 0 spiro atoms. The van der Waals surface area contributed by atoms with Crippen molar-refractivity contribution in [1.82, 2.24) is 0 Å². The molecule has 3 nitrogen and oxygen atoms in total. The van der Waals surface area contributed by atoms with Crippen molar-refractivity contribution in [3.05, 3.63) is 0 Å². The minimum atomic E-state index is -1.17. The van der Waals surface area contributed by atoms with Gasteiger partial charge >= 0.3 is 6.16 Å². The second-order valence-corrected chi connectivity index (χ2v) is 4.21. The van der Waals surface area contributed by atoms with Gasteiger partial charge < -0.3 is 9.84 Å². The van der Waals surface area contributed by atoms with Crippen LogP contribution in [-0.4, -0.2) is 17.4 Å². The van der Waals surface area contributed by atoms with Crippen LogP contribution in [0, 0.1) is 10.8 Å². The van der Waals surface area contributed by atoms with Gasteiger partial charge in [0.2, 0.25) is 0 Å². The normalized spacial score (nSPS) is 26.2. The number of rotatable bonds is 1. The molecule has 0 atom stereocenters. The van der Waals surface area contributed by atoms with Gasteiger partial charge in [0.05, 0.1) is 0 Å². The van der Waals surface area contributed by atoms with E-state index in [1.165, 1.54) is 0 Å². The molecule has 0 amide bonds. The molecule has 3 heteroatoms. The summed E-state index contributed by atoms with van der Waals surface area (Å²) in [5.41, 5.74) is -0.0171. The van der Waals surface area contributed by atoms with Gasteiger partial charge in [-0.2, -0.15) is 0 Å². The minimum absolute atomic E-state index is 0.00854. The molecule has 0 saturated heterocycles. The van der Waals surface area contributed by atoms with Gasteiger partial charge in [-0.3, -0.25) is 0 Å². The maximum absolute atomic E-state index is 10.2. The summed E-state index contributed by atoms with van der Waals surface area (Å²) in [6.45, 7) is 8.06. The van der Waals surface area contributed by atoms with Crippen molar-refractivity contribution in [2.24, 2.45) is 10.8 Å². The van der Waals surface area contributed by atoms with Crippen LogP contribution < -0.4 is 0 Å². The van der Waals surface area contributed by atoms with Gasteiger partial charge in [-0.05, 0) is 0 Å². The van der Waals surface area contributed by atoms with Crippen LogP contribution in [0.2, 0.25) is 0 Å². The Balaban J connectivity index is 2.61. The molecule has 0 radical (unpaired) electrons. The Kier molecular flexibility index (Phi) is 1.44. The molecule has 0 aliphatic heterocycles. The van der Waals surface area contributed by atoms with Gasteiger partial charge in [-0.15, -0.1) is 0 Å². The highest BCUT2D eigenvalue weighted by molar-refractivity contribution is 5.58. The summed E-state index contributed by atoms with van der Waals surface area (Å²) in [6, 6.07) is 0. The summed E-state index contributed by atoms with van der Waals surface area (Å²) in [5, 5.41) is 8.37. The van der Waals surface area contributed by atoms with Crippen LogP contribution in [0.25, 0.3) is 0 Å². The molecule has 0 unspecified atom stereocenters. The van der Waals surface area contributed by atoms with Gasteiger partial charge in [0.15, 0.2) is 0 Å². The molecular formula is C8H14O3. The number of ether oxygens (including phenoxy) is 1. The first-order valence-corrected chi connectivity index (χ1v) is 3.69. The molecule has 0 bridgehead atoms. The molecule has 0 aromatic rings. The van der Waals surface area contributed by atoms with E-state index < -0.39 is 6.16 Å². The fraction of sp³-hybridized carbons (Fsp3) is 0.875. The summed E-state index contributed by atoms with van der Waals surface area (Å²) < 4.78 is 4.71. The van der Waals surface area contributed by atoms with Gasteiger partial charge in [-0.25, -0.2) is 4.79 Å². The van der Waals surface area contributed by atoms with Crippen LogP contribution in [0.15, 0.2) is 0 Å². The lowest BCUT2D eigenvalue weighted by molar-refractivity contribution is 0.0688. The van der Waals surface area contributed by atoms with Crippen LogP contribution in [0.3, 0.4) is 0 Å². The third-order valence-corrected chi connectivity index (χ3v) is 3.11. The Labute approximate surface area is 66.4 Å². The number of carboxylic acid groups (broad SMARTS) is 1. The lowest BCUT2D eigenvalue weighted by Crippen LogP contribution is -2.08. The predicted octanol–water partition coefficient (Wildman–Crippen LogP) is 2.12. The van der Waals surface area contributed by atoms with Crippen molar-refractivity contribution in [2.45, 2.75) is 33.8 Å². The molecule has 1 saturated carbocycles. The van der Waals surface area contributed by atoms with Crippen molar-refractivity contribution in [3.63, 3.8) is 0 Å². The average Bonchev–Trinajstić information content (AvgIpc) is 2.11. The van der Waals surface area contributed by atoms with Crippen LogP contribution in [0.5, 0.6) is 0 Å². The van der Waals surface area contributed by atoms with Crippen molar-refractivity contribution >= 4 is 6.16 Å². The Morgan fingerprint density at radius 3 is 1.73 bits per heavy atom. The lowest BCUT2D eigenvalue weighted by atomic mass is 10.0. The zero-order valence-corrected chi connectivity index (χ0v) is 7.34. The largest absolute Gasteiger partial charge is 0.506 e. The van der Waals surface area contributed by atoms with Crippen LogP contribution in [0.4, 0.5) is 4.79 Å². The second-order valence-electron chi connectivity index (χ2n) is 4.21. The van der Waals surface area contributed by atoms with Crippen LogP contribution in [-0.2, 0) is 4.74 Å². The molecule has 0 aromatic carbocycles. The average molecular weight is 158 g/mol. The van der Waals surface area contributed by atoms with E-state index in [1.807, 2.05) is 27.7 Å². The molecule has 1 N–H and O–H groups in total. The number of carbonyl (C=O) groups is 1. The minimum Gasteiger partial charge on any atom is -0.450 e. The van der Waals surface area contributed by atoms with E-state index >= 15 is 0 Å². The van der Waals surface area contributed by atoms with Crippen LogP contribution >= 0.6 is 0 Å². The molecular weight excluding hydrogens is 144 g/mol. The topological polar surface area (TPSA) is 46.5 Å². The summed E-state index contributed by atoms with van der Waals surface area (Å²) >= 11 is 0. The van der Waals surface area contributed by atoms with E-state index in [0.29, 0.717) is 0 Å². The summed E-state index contributed by atoms with van der Waals surface area (Å²) in [7, 11) is 0. The quantitative estimate of drug-likeness (QED) is 0.594. The highest BCUT2D eigenvalue weighted by Gasteiger charge is 2.68. The van der Waals surface area contributed by atoms with Gasteiger partial charge in [0, 0.05) is 10.8 Å². The zero-order valence-electron chi connectivity index (χ0n) is 7.34. The van der Waals surface area contributed by atoms with Crippen molar-refractivity contribution in [2.75, 3.05) is 0 Å². The highest BCUT2D eigenvalue weighted by Crippen LogP contribution is 2.64. The smallest absolute Gasteiger partial charge is 0.450 e. The molecule has 1 aliphatic rings. The third-order valence-electron chi connectivity index (χ3n) is 3.11. The van der Waals surface area contributed by atoms with E-state index in [-0.39, 0.29) is 16.9 Å². The number of hydrogen-bond donors (Lipinski definition) is 1. The fourth-order valence-electron chi connectivity index (χ4n) is 1.53. The van der Waals surface area contributed by atoms with E-state index in [9.17, 15) is 4.79 Å². The maximum Gasteiger partial charge on any atom is 0.506 e. The lowest BCUT2D eigenvalue weighted by Gasteiger charge is -2.01. The monoisotopic (exact) mass is 158 g/mol. The van der Waals surface area contributed by atoms with E-state index in [0.717, 1.165) is 0 Å². The van der Waals surface area contributed by atoms with E-state index in [2.05, 4.69) is 0 Å². The van der Waals surface area contributed by atoms with Gasteiger partial charge in [0.25, 0.3) is 0 Å². The summed E-state index contributed by atoms with van der Waals surface area (Å²) in [5.74, 6) is 0. The molecule has 1 rings (SSSR count). The molecule has 0 aromatic heterocycles. The van der Waals surface area contributed by atoms with Gasteiger partial charge in [-0.1, -0.05) is 27.7 Å². The predicted molar refractivity (Wildman–Crippen MR) is 40.5 cm³/mol. The van der Waals surface area contributed by atoms with E-state index in [4.69, 9.17) is 9.84 Å². The molecule has 1 fully saturated rings. The Bertz CT molecular complexity index is 180.